The monoisotopic (exact) mass is 286 g/mol. The molecule has 106 valence electrons. The summed E-state index contributed by atoms with van der Waals surface area (Å²) in [5, 5.41) is 8.28. The standard InChI is InChI=1S/C12H18N2O4S/c1-4-16-11(15)10-13-14-12(19-10)18-9-5-7(2)17-8(3)6-9/h7-9H,4-6H2,1-3H3. The third kappa shape index (κ3) is 3.87. The van der Waals surface area contributed by atoms with Crippen molar-refractivity contribution >= 4 is 17.3 Å². The zero-order chi connectivity index (χ0) is 13.8. The molecule has 2 atom stereocenters. The zero-order valence-electron chi connectivity index (χ0n) is 11.3. The Morgan fingerprint density at radius 1 is 1.37 bits per heavy atom. The van der Waals surface area contributed by atoms with E-state index < -0.39 is 5.97 Å². The molecule has 6 nitrogen and oxygen atoms in total. The maximum atomic E-state index is 11.5. The molecule has 19 heavy (non-hydrogen) atoms. The molecule has 0 N–H and O–H groups in total. The van der Waals surface area contributed by atoms with E-state index in [9.17, 15) is 4.79 Å². The molecule has 1 fully saturated rings. The molecule has 1 saturated heterocycles. The molecule has 0 aromatic carbocycles. The van der Waals surface area contributed by atoms with Crippen molar-refractivity contribution in [1.82, 2.24) is 10.2 Å². The first-order chi connectivity index (χ1) is 9.08. The van der Waals surface area contributed by atoms with Crippen LogP contribution in [0.1, 0.15) is 43.4 Å². The molecule has 2 unspecified atom stereocenters. The van der Waals surface area contributed by atoms with Gasteiger partial charge >= 0.3 is 5.97 Å². The first kappa shape index (κ1) is 14.2. The van der Waals surface area contributed by atoms with Crippen molar-refractivity contribution in [3.05, 3.63) is 5.01 Å². The summed E-state index contributed by atoms with van der Waals surface area (Å²) in [7, 11) is 0. The molecule has 7 heteroatoms. The number of hydrogen-bond donors (Lipinski definition) is 0. The molecular formula is C12H18N2O4S. The topological polar surface area (TPSA) is 70.5 Å². The largest absolute Gasteiger partial charge is 0.465 e. The third-order valence-electron chi connectivity index (χ3n) is 2.78. The molecular weight excluding hydrogens is 268 g/mol. The lowest BCUT2D eigenvalue weighted by Gasteiger charge is -2.31. The van der Waals surface area contributed by atoms with Gasteiger partial charge in [-0.05, 0) is 32.1 Å². The molecule has 1 aliphatic rings. The van der Waals surface area contributed by atoms with Gasteiger partial charge in [0.2, 0.25) is 5.01 Å². The lowest BCUT2D eigenvalue weighted by atomic mass is 10.0. The molecule has 0 spiro atoms. The highest BCUT2D eigenvalue weighted by Gasteiger charge is 2.27. The van der Waals surface area contributed by atoms with Gasteiger partial charge in [-0.15, -0.1) is 5.10 Å². The van der Waals surface area contributed by atoms with Gasteiger partial charge in [0.25, 0.3) is 5.19 Å². The van der Waals surface area contributed by atoms with Crippen LogP contribution in [0.2, 0.25) is 0 Å². The molecule has 2 rings (SSSR count). The predicted molar refractivity (Wildman–Crippen MR) is 69.5 cm³/mol. The van der Waals surface area contributed by atoms with Gasteiger partial charge in [0, 0.05) is 12.8 Å². The maximum absolute atomic E-state index is 11.5. The Hall–Kier alpha value is -1.21. The van der Waals surface area contributed by atoms with Crippen LogP contribution in [0.5, 0.6) is 5.19 Å². The van der Waals surface area contributed by atoms with Crippen LogP contribution in [0.25, 0.3) is 0 Å². The van der Waals surface area contributed by atoms with Crippen molar-refractivity contribution in [3.63, 3.8) is 0 Å². The second kappa shape index (κ2) is 6.29. The summed E-state index contributed by atoms with van der Waals surface area (Å²) < 4.78 is 16.3. The molecule has 1 aliphatic heterocycles. The van der Waals surface area contributed by atoms with Crippen LogP contribution in [0, 0.1) is 0 Å². The minimum absolute atomic E-state index is 0.0572. The molecule has 0 saturated carbocycles. The van der Waals surface area contributed by atoms with Crippen LogP contribution in [0.15, 0.2) is 0 Å². The van der Waals surface area contributed by atoms with E-state index in [0.717, 1.165) is 24.2 Å². The Kier molecular flexibility index (Phi) is 4.71. The summed E-state index contributed by atoms with van der Waals surface area (Å²) >= 11 is 1.12. The first-order valence-electron chi connectivity index (χ1n) is 6.41. The smallest absolute Gasteiger partial charge is 0.369 e. The Morgan fingerprint density at radius 2 is 2.05 bits per heavy atom. The van der Waals surface area contributed by atoms with E-state index in [2.05, 4.69) is 10.2 Å². The van der Waals surface area contributed by atoms with Crippen molar-refractivity contribution in [3.8, 4) is 5.19 Å². The molecule has 0 aliphatic carbocycles. The normalized spacial score (nSPS) is 27.0. The van der Waals surface area contributed by atoms with Crippen LogP contribution in [0.4, 0.5) is 0 Å². The Morgan fingerprint density at radius 3 is 2.68 bits per heavy atom. The summed E-state index contributed by atoms with van der Waals surface area (Å²) in [5.41, 5.74) is 0. The van der Waals surface area contributed by atoms with Crippen molar-refractivity contribution in [2.45, 2.75) is 51.9 Å². The Labute approximate surface area is 116 Å². The van der Waals surface area contributed by atoms with Gasteiger partial charge in [0.05, 0.1) is 18.8 Å². The third-order valence-corrected chi connectivity index (χ3v) is 3.57. The van der Waals surface area contributed by atoms with E-state index in [1.54, 1.807) is 6.92 Å². The van der Waals surface area contributed by atoms with Gasteiger partial charge in [-0.2, -0.15) is 0 Å². The van der Waals surface area contributed by atoms with Crippen molar-refractivity contribution in [1.29, 1.82) is 0 Å². The van der Waals surface area contributed by atoms with Crippen molar-refractivity contribution in [2.75, 3.05) is 6.61 Å². The van der Waals surface area contributed by atoms with E-state index in [1.807, 2.05) is 13.8 Å². The number of ether oxygens (including phenoxy) is 3. The highest BCUT2D eigenvalue weighted by atomic mass is 32.1. The molecule has 0 radical (unpaired) electrons. The zero-order valence-corrected chi connectivity index (χ0v) is 12.1. The van der Waals surface area contributed by atoms with E-state index in [4.69, 9.17) is 14.2 Å². The van der Waals surface area contributed by atoms with Crippen LogP contribution in [0.3, 0.4) is 0 Å². The minimum atomic E-state index is -0.455. The predicted octanol–water partition coefficient (Wildman–Crippen LogP) is 2.05. The summed E-state index contributed by atoms with van der Waals surface area (Å²) in [6, 6.07) is 0. The summed E-state index contributed by atoms with van der Waals surface area (Å²) in [5.74, 6) is -0.455. The SMILES string of the molecule is CCOC(=O)c1nnc(OC2CC(C)OC(C)C2)s1. The molecule has 1 aromatic rings. The quantitative estimate of drug-likeness (QED) is 0.789. The fraction of sp³-hybridized carbons (Fsp3) is 0.750. The molecule has 1 aromatic heterocycles. The van der Waals surface area contributed by atoms with E-state index >= 15 is 0 Å². The number of aromatic nitrogens is 2. The Bertz CT molecular complexity index is 427. The fourth-order valence-electron chi connectivity index (χ4n) is 2.12. The van der Waals surface area contributed by atoms with Crippen molar-refractivity contribution < 1.29 is 19.0 Å². The van der Waals surface area contributed by atoms with Crippen LogP contribution in [-0.4, -0.2) is 41.1 Å². The molecule has 0 bridgehead atoms. The average molecular weight is 286 g/mol. The van der Waals surface area contributed by atoms with Gasteiger partial charge in [-0.3, -0.25) is 0 Å². The molecule has 2 heterocycles. The average Bonchev–Trinajstić information content (AvgIpc) is 2.76. The number of esters is 1. The highest BCUT2D eigenvalue weighted by Crippen LogP contribution is 2.26. The summed E-state index contributed by atoms with van der Waals surface area (Å²) in [6.07, 6.45) is 2.04. The van der Waals surface area contributed by atoms with Gasteiger partial charge in [-0.1, -0.05) is 5.10 Å². The highest BCUT2D eigenvalue weighted by molar-refractivity contribution is 7.14. The van der Waals surface area contributed by atoms with Crippen molar-refractivity contribution in [2.24, 2.45) is 0 Å². The minimum Gasteiger partial charge on any atom is -0.465 e. The Balaban J connectivity index is 1.94. The number of nitrogens with zero attached hydrogens (tertiary/aromatic N) is 2. The number of carbonyl (C=O) groups excluding carboxylic acids is 1. The summed E-state index contributed by atoms with van der Waals surface area (Å²) in [4.78, 5) is 11.5. The van der Waals surface area contributed by atoms with Gasteiger partial charge in [-0.25, -0.2) is 4.79 Å². The summed E-state index contributed by atoms with van der Waals surface area (Å²) in [6.45, 7) is 6.12. The number of rotatable bonds is 4. The van der Waals surface area contributed by atoms with E-state index in [-0.39, 0.29) is 23.3 Å². The number of hydrogen-bond acceptors (Lipinski definition) is 7. The van der Waals surface area contributed by atoms with E-state index in [0.29, 0.717) is 11.8 Å². The second-order valence-electron chi connectivity index (χ2n) is 4.56. The fourth-order valence-corrected chi connectivity index (χ4v) is 2.77. The van der Waals surface area contributed by atoms with E-state index in [1.165, 1.54) is 0 Å². The van der Waals surface area contributed by atoms with Crippen LogP contribution < -0.4 is 4.74 Å². The van der Waals surface area contributed by atoms with Gasteiger partial charge in [0.1, 0.15) is 6.10 Å². The second-order valence-corrected chi connectivity index (χ2v) is 5.50. The van der Waals surface area contributed by atoms with Crippen LogP contribution in [-0.2, 0) is 9.47 Å². The van der Waals surface area contributed by atoms with Crippen LogP contribution >= 0.6 is 11.3 Å². The lowest BCUT2D eigenvalue weighted by molar-refractivity contribution is -0.0722. The van der Waals surface area contributed by atoms with Gasteiger partial charge in [0.15, 0.2) is 0 Å². The molecule has 0 amide bonds. The lowest BCUT2D eigenvalue weighted by Crippen LogP contribution is -2.35. The number of carbonyl (C=O) groups is 1. The first-order valence-corrected chi connectivity index (χ1v) is 7.22. The van der Waals surface area contributed by atoms with Gasteiger partial charge < -0.3 is 14.2 Å². The maximum Gasteiger partial charge on any atom is 0.369 e.